The first-order valence-corrected chi connectivity index (χ1v) is 5.93. The fourth-order valence-corrected chi connectivity index (χ4v) is 1.68. The number of esters is 1. The zero-order valence-corrected chi connectivity index (χ0v) is 10.3. The second-order valence-corrected chi connectivity index (χ2v) is 3.90. The minimum absolute atomic E-state index is 0.274. The van der Waals surface area contributed by atoms with Crippen molar-refractivity contribution in [2.24, 2.45) is 11.0 Å². The maximum Gasteiger partial charge on any atom is 0.317 e. The molecule has 1 aromatic rings. The smallest absolute Gasteiger partial charge is 0.317 e. The average molecular weight is 248 g/mol. The molecule has 1 aliphatic heterocycles. The normalized spacial score (nSPS) is 20.9. The highest BCUT2D eigenvalue weighted by Gasteiger charge is 2.31. The highest BCUT2D eigenvalue weighted by atomic mass is 16.5. The molecule has 1 heterocycles. The standard InChI is InChI=1S/C13H16N2O3/c1-2-18-13(16)11-8-17-9-12(11)15-14-10-6-4-3-5-7-10/h3-7,11,14H,2,8-9H2,1H3/b15-12+/t11-/m1/s1. The van der Waals surface area contributed by atoms with Gasteiger partial charge in [0.05, 0.1) is 31.2 Å². The molecule has 1 aromatic carbocycles. The number of nitrogens with one attached hydrogen (secondary N) is 1. The minimum atomic E-state index is -0.388. The van der Waals surface area contributed by atoms with E-state index >= 15 is 0 Å². The molecule has 0 aliphatic carbocycles. The summed E-state index contributed by atoms with van der Waals surface area (Å²) in [6.07, 6.45) is 0. The van der Waals surface area contributed by atoms with Gasteiger partial charge in [-0.1, -0.05) is 18.2 Å². The molecule has 0 radical (unpaired) electrons. The van der Waals surface area contributed by atoms with Crippen LogP contribution in [-0.2, 0) is 14.3 Å². The Bertz CT molecular complexity index is 431. The zero-order chi connectivity index (χ0) is 12.8. The van der Waals surface area contributed by atoms with Gasteiger partial charge in [-0.15, -0.1) is 0 Å². The number of nitrogens with zero attached hydrogens (tertiary/aromatic N) is 1. The van der Waals surface area contributed by atoms with Crippen molar-refractivity contribution in [3.05, 3.63) is 30.3 Å². The van der Waals surface area contributed by atoms with Gasteiger partial charge in [0.25, 0.3) is 0 Å². The number of hydrazone groups is 1. The van der Waals surface area contributed by atoms with E-state index in [2.05, 4.69) is 10.5 Å². The van der Waals surface area contributed by atoms with Crippen LogP contribution in [0.5, 0.6) is 0 Å². The van der Waals surface area contributed by atoms with Crippen molar-refractivity contribution in [2.45, 2.75) is 6.92 Å². The molecule has 0 saturated carbocycles. The zero-order valence-electron chi connectivity index (χ0n) is 10.3. The van der Waals surface area contributed by atoms with E-state index in [-0.39, 0.29) is 11.9 Å². The first-order valence-electron chi connectivity index (χ1n) is 5.93. The highest BCUT2D eigenvalue weighted by molar-refractivity contribution is 6.04. The Morgan fingerprint density at radius 2 is 2.28 bits per heavy atom. The van der Waals surface area contributed by atoms with Crippen LogP contribution in [0.3, 0.4) is 0 Å². The minimum Gasteiger partial charge on any atom is -0.465 e. The van der Waals surface area contributed by atoms with Gasteiger partial charge in [-0.3, -0.25) is 10.2 Å². The first-order chi connectivity index (χ1) is 8.81. The molecule has 1 saturated heterocycles. The summed E-state index contributed by atoms with van der Waals surface area (Å²) in [6, 6.07) is 9.56. The number of hydrogen-bond donors (Lipinski definition) is 1. The van der Waals surface area contributed by atoms with Crippen LogP contribution in [0.15, 0.2) is 35.4 Å². The SMILES string of the molecule is CCOC(=O)[C@@H]1COC/C1=N\Nc1ccccc1. The van der Waals surface area contributed by atoms with Crippen LogP contribution in [0.2, 0.25) is 0 Å². The summed E-state index contributed by atoms with van der Waals surface area (Å²) in [5.74, 6) is -0.662. The lowest BCUT2D eigenvalue weighted by molar-refractivity contribution is -0.146. The van der Waals surface area contributed by atoms with E-state index in [9.17, 15) is 4.79 Å². The van der Waals surface area contributed by atoms with E-state index in [1.54, 1.807) is 6.92 Å². The Labute approximate surface area is 106 Å². The molecule has 96 valence electrons. The summed E-state index contributed by atoms with van der Waals surface area (Å²) in [5, 5.41) is 4.22. The number of anilines is 1. The highest BCUT2D eigenvalue weighted by Crippen LogP contribution is 2.13. The van der Waals surface area contributed by atoms with Crippen molar-refractivity contribution in [3.63, 3.8) is 0 Å². The molecule has 0 aromatic heterocycles. The Balaban J connectivity index is 2.00. The monoisotopic (exact) mass is 248 g/mol. The Kier molecular flexibility index (Phi) is 4.30. The van der Waals surface area contributed by atoms with Crippen LogP contribution < -0.4 is 5.43 Å². The van der Waals surface area contributed by atoms with Gasteiger partial charge in [0.2, 0.25) is 0 Å². The lowest BCUT2D eigenvalue weighted by Gasteiger charge is -2.08. The molecule has 2 rings (SSSR count). The van der Waals surface area contributed by atoms with Gasteiger partial charge in [0.1, 0.15) is 5.92 Å². The van der Waals surface area contributed by atoms with E-state index in [1.807, 2.05) is 30.3 Å². The molecule has 0 unspecified atom stereocenters. The van der Waals surface area contributed by atoms with Gasteiger partial charge in [-0.05, 0) is 19.1 Å². The number of carbonyl (C=O) groups excluding carboxylic acids is 1. The van der Waals surface area contributed by atoms with Gasteiger partial charge >= 0.3 is 5.97 Å². The first kappa shape index (κ1) is 12.6. The third-order valence-electron chi connectivity index (χ3n) is 2.61. The van der Waals surface area contributed by atoms with E-state index in [1.165, 1.54) is 0 Å². The quantitative estimate of drug-likeness (QED) is 0.650. The average Bonchev–Trinajstić information content (AvgIpc) is 2.86. The maximum atomic E-state index is 11.7. The summed E-state index contributed by atoms with van der Waals surface area (Å²) < 4.78 is 10.2. The van der Waals surface area contributed by atoms with Gasteiger partial charge in [0.15, 0.2) is 0 Å². The Morgan fingerprint density at radius 1 is 1.50 bits per heavy atom. The molecule has 18 heavy (non-hydrogen) atoms. The molecule has 0 spiro atoms. The molecule has 0 bridgehead atoms. The molecule has 1 N–H and O–H groups in total. The molecule has 5 heteroatoms. The van der Waals surface area contributed by atoms with E-state index in [0.29, 0.717) is 25.5 Å². The number of ether oxygens (including phenoxy) is 2. The summed E-state index contributed by atoms with van der Waals surface area (Å²) in [7, 11) is 0. The summed E-state index contributed by atoms with van der Waals surface area (Å²) in [5.41, 5.74) is 4.47. The molecular formula is C13H16N2O3. The van der Waals surface area contributed by atoms with Crippen molar-refractivity contribution in [1.29, 1.82) is 0 Å². The largest absolute Gasteiger partial charge is 0.465 e. The third-order valence-corrected chi connectivity index (χ3v) is 2.61. The fourth-order valence-electron chi connectivity index (χ4n) is 1.68. The van der Waals surface area contributed by atoms with Gasteiger partial charge < -0.3 is 9.47 Å². The van der Waals surface area contributed by atoms with E-state index < -0.39 is 0 Å². The molecule has 1 aliphatic rings. The number of benzene rings is 1. The lowest BCUT2D eigenvalue weighted by Crippen LogP contribution is -2.25. The van der Waals surface area contributed by atoms with Crippen LogP contribution in [0.25, 0.3) is 0 Å². The van der Waals surface area contributed by atoms with Crippen LogP contribution in [-0.4, -0.2) is 31.5 Å². The van der Waals surface area contributed by atoms with Crippen LogP contribution in [0.4, 0.5) is 5.69 Å². The maximum absolute atomic E-state index is 11.7. The van der Waals surface area contributed by atoms with Crippen molar-refractivity contribution in [3.8, 4) is 0 Å². The predicted molar refractivity (Wildman–Crippen MR) is 68.4 cm³/mol. The second kappa shape index (κ2) is 6.16. The van der Waals surface area contributed by atoms with Crippen LogP contribution in [0, 0.1) is 5.92 Å². The van der Waals surface area contributed by atoms with Gasteiger partial charge in [0, 0.05) is 0 Å². The molecular weight excluding hydrogens is 232 g/mol. The third kappa shape index (κ3) is 3.07. The van der Waals surface area contributed by atoms with E-state index in [4.69, 9.17) is 9.47 Å². The van der Waals surface area contributed by atoms with Crippen molar-refractivity contribution in [2.75, 3.05) is 25.2 Å². The fraction of sp³-hybridized carbons (Fsp3) is 0.385. The van der Waals surface area contributed by atoms with Gasteiger partial charge in [-0.2, -0.15) is 5.10 Å². The molecule has 0 amide bonds. The topological polar surface area (TPSA) is 59.9 Å². The number of para-hydroxylation sites is 1. The van der Waals surface area contributed by atoms with Crippen LogP contribution in [0.1, 0.15) is 6.92 Å². The van der Waals surface area contributed by atoms with Crippen molar-refractivity contribution >= 4 is 17.4 Å². The summed E-state index contributed by atoms with van der Waals surface area (Å²) in [4.78, 5) is 11.7. The molecule has 5 nitrogen and oxygen atoms in total. The molecule has 1 atom stereocenters. The van der Waals surface area contributed by atoms with Crippen molar-refractivity contribution < 1.29 is 14.3 Å². The van der Waals surface area contributed by atoms with Crippen molar-refractivity contribution in [1.82, 2.24) is 0 Å². The summed E-state index contributed by atoms with van der Waals surface area (Å²) in [6.45, 7) is 2.86. The molecule has 1 fully saturated rings. The number of rotatable bonds is 4. The Hall–Kier alpha value is -1.88. The lowest BCUT2D eigenvalue weighted by atomic mass is 10.1. The predicted octanol–water partition coefficient (Wildman–Crippen LogP) is 1.66. The van der Waals surface area contributed by atoms with E-state index in [0.717, 1.165) is 5.69 Å². The number of hydrogen-bond acceptors (Lipinski definition) is 5. The Morgan fingerprint density at radius 3 is 3.00 bits per heavy atom. The number of carbonyl (C=O) groups is 1. The second-order valence-electron chi connectivity index (χ2n) is 3.90. The summed E-state index contributed by atoms with van der Waals surface area (Å²) >= 11 is 0. The van der Waals surface area contributed by atoms with Gasteiger partial charge in [-0.25, -0.2) is 0 Å². The van der Waals surface area contributed by atoms with Crippen LogP contribution >= 0.6 is 0 Å².